The SMILES string of the molecule is CC(=O)Nc1ccccc1NS(=O)(=O)CC1CC1(Cl)Cl. The van der Waals surface area contributed by atoms with E-state index in [2.05, 4.69) is 10.0 Å². The van der Waals surface area contributed by atoms with Crippen LogP contribution in [-0.4, -0.2) is 24.4 Å². The summed E-state index contributed by atoms with van der Waals surface area (Å²) in [7, 11) is -3.57. The van der Waals surface area contributed by atoms with Crippen molar-refractivity contribution in [2.45, 2.75) is 17.7 Å². The minimum atomic E-state index is -3.57. The first-order valence-corrected chi connectivity index (χ1v) is 8.35. The lowest BCUT2D eigenvalue weighted by atomic mass is 10.3. The summed E-state index contributed by atoms with van der Waals surface area (Å²) in [6.07, 6.45) is 0.463. The molecular formula is C12H14Cl2N2O3S. The van der Waals surface area contributed by atoms with E-state index >= 15 is 0 Å². The Labute approximate surface area is 127 Å². The Bertz CT molecular complexity index is 631. The van der Waals surface area contributed by atoms with E-state index in [1.165, 1.54) is 6.92 Å². The van der Waals surface area contributed by atoms with Crippen LogP contribution in [0.5, 0.6) is 0 Å². The lowest BCUT2D eigenvalue weighted by molar-refractivity contribution is -0.114. The smallest absolute Gasteiger partial charge is 0.233 e. The van der Waals surface area contributed by atoms with Gasteiger partial charge in [0.1, 0.15) is 4.33 Å². The second-order valence-corrected chi connectivity index (χ2v) is 8.08. The average Bonchev–Trinajstić information content (AvgIpc) is 2.86. The Morgan fingerprint density at radius 1 is 1.35 bits per heavy atom. The van der Waals surface area contributed by atoms with Crippen molar-refractivity contribution in [3.05, 3.63) is 24.3 Å². The summed E-state index contributed by atoms with van der Waals surface area (Å²) in [6.45, 7) is 1.35. The number of benzene rings is 1. The molecule has 0 heterocycles. The van der Waals surface area contributed by atoms with Crippen molar-refractivity contribution in [2.75, 3.05) is 15.8 Å². The molecule has 2 rings (SSSR count). The number of halogens is 2. The molecular weight excluding hydrogens is 323 g/mol. The van der Waals surface area contributed by atoms with E-state index in [4.69, 9.17) is 23.2 Å². The number of sulfonamides is 1. The Balaban J connectivity index is 2.11. The molecule has 5 nitrogen and oxygen atoms in total. The van der Waals surface area contributed by atoms with Crippen LogP contribution in [0.4, 0.5) is 11.4 Å². The van der Waals surface area contributed by atoms with Crippen molar-refractivity contribution in [3.8, 4) is 0 Å². The van der Waals surface area contributed by atoms with Gasteiger partial charge in [-0.1, -0.05) is 12.1 Å². The largest absolute Gasteiger partial charge is 0.325 e. The second kappa shape index (κ2) is 5.42. The van der Waals surface area contributed by atoms with Crippen LogP contribution in [0.15, 0.2) is 24.3 Å². The van der Waals surface area contributed by atoms with E-state index in [1.54, 1.807) is 24.3 Å². The van der Waals surface area contributed by atoms with Gasteiger partial charge in [0.15, 0.2) is 0 Å². The molecule has 1 aliphatic carbocycles. The first-order chi connectivity index (χ1) is 9.20. The fourth-order valence-corrected chi connectivity index (χ4v) is 4.03. The fourth-order valence-electron chi connectivity index (χ4n) is 1.80. The summed E-state index contributed by atoms with van der Waals surface area (Å²) >= 11 is 11.7. The number of carbonyl (C=O) groups excluding carboxylic acids is 1. The summed E-state index contributed by atoms with van der Waals surface area (Å²) < 4.78 is 25.6. The highest BCUT2D eigenvalue weighted by Crippen LogP contribution is 2.53. The molecule has 110 valence electrons. The van der Waals surface area contributed by atoms with Crippen LogP contribution in [0.2, 0.25) is 0 Å². The molecule has 0 radical (unpaired) electrons. The quantitative estimate of drug-likeness (QED) is 0.811. The molecule has 1 aromatic carbocycles. The van der Waals surface area contributed by atoms with Gasteiger partial charge in [-0.05, 0) is 18.6 Å². The minimum absolute atomic E-state index is 0.144. The molecule has 8 heteroatoms. The van der Waals surface area contributed by atoms with E-state index in [-0.39, 0.29) is 17.6 Å². The lowest BCUT2D eigenvalue weighted by Crippen LogP contribution is -2.20. The van der Waals surface area contributed by atoms with Gasteiger partial charge >= 0.3 is 0 Å². The molecule has 0 saturated heterocycles. The predicted molar refractivity (Wildman–Crippen MR) is 80.7 cm³/mol. The maximum Gasteiger partial charge on any atom is 0.233 e. The van der Waals surface area contributed by atoms with E-state index in [0.29, 0.717) is 17.8 Å². The van der Waals surface area contributed by atoms with Gasteiger partial charge in [-0.25, -0.2) is 8.42 Å². The molecule has 1 saturated carbocycles. The highest BCUT2D eigenvalue weighted by atomic mass is 35.5. The molecule has 2 N–H and O–H groups in total. The zero-order valence-corrected chi connectivity index (χ0v) is 13.0. The van der Waals surface area contributed by atoms with E-state index < -0.39 is 14.4 Å². The van der Waals surface area contributed by atoms with Crippen molar-refractivity contribution in [1.82, 2.24) is 0 Å². The molecule has 1 fully saturated rings. The zero-order chi connectivity index (χ0) is 15.0. The lowest BCUT2D eigenvalue weighted by Gasteiger charge is -2.12. The third-order valence-corrected chi connectivity index (χ3v) is 5.18. The van der Waals surface area contributed by atoms with Gasteiger partial charge < -0.3 is 5.32 Å². The van der Waals surface area contributed by atoms with Gasteiger partial charge in [-0.15, -0.1) is 23.2 Å². The molecule has 0 aromatic heterocycles. The second-order valence-electron chi connectivity index (χ2n) is 4.77. The summed E-state index contributed by atoms with van der Waals surface area (Å²) in [4.78, 5) is 11.1. The van der Waals surface area contributed by atoms with Crippen LogP contribution < -0.4 is 10.0 Å². The van der Waals surface area contributed by atoms with Gasteiger partial charge in [0.2, 0.25) is 15.9 Å². The molecule has 0 spiro atoms. The zero-order valence-electron chi connectivity index (χ0n) is 10.7. The summed E-state index contributed by atoms with van der Waals surface area (Å²) in [5, 5.41) is 2.56. The van der Waals surface area contributed by atoms with Gasteiger partial charge in [-0.3, -0.25) is 9.52 Å². The van der Waals surface area contributed by atoms with Gasteiger partial charge in [-0.2, -0.15) is 0 Å². The first kappa shape index (κ1) is 15.4. The predicted octanol–water partition coefficient (Wildman–Crippen LogP) is 2.58. The van der Waals surface area contributed by atoms with Crippen LogP contribution in [0, 0.1) is 5.92 Å². The van der Waals surface area contributed by atoms with Gasteiger partial charge in [0.25, 0.3) is 0 Å². The van der Waals surface area contributed by atoms with Crippen LogP contribution in [-0.2, 0) is 14.8 Å². The Morgan fingerprint density at radius 2 is 1.90 bits per heavy atom. The van der Waals surface area contributed by atoms with Crippen molar-refractivity contribution >= 4 is 50.5 Å². The summed E-state index contributed by atoms with van der Waals surface area (Å²) in [6, 6.07) is 6.56. The normalized spacial score (nSPS) is 20.2. The number of para-hydroxylation sites is 2. The molecule has 1 aliphatic rings. The number of hydrogen-bond donors (Lipinski definition) is 2. The van der Waals surface area contributed by atoms with Crippen molar-refractivity contribution in [3.63, 3.8) is 0 Å². The molecule has 1 unspecified atom stereocenters. The summed E-state index contributed by atoms with van der Waals surface area (Å²) in [5.41, 5.74) is 0.723. The number of alkyl halides is 2. The first-order valence-electron chi connectivity index (χ1n) is 5.94. The molecule has 0 aliphatic heterocycles. The fraction of sp³-hybridized carbons (Fsp3) is 0.417. The number of anilines is 2. The van der Waals surface area contributed by atoms with Gasteiger partial charge in [0, 0.05) is 12.8 Å². The summed E-state index contributed by atoms with van der Waals surface area (Å²) in [5.74, 6) is -0.690. The van der Waals surface area contributed by atoms with Crippen molar-refractivity contribution < 1.29 is 13.2 Å². The van der Waals surface area contributed by atoms with Crippen LogP contribution in [0.25, 0.3) is 0 Å². The molecule has 1 atom stereocenters. The van der Waals surface area contributed by atoms with E-state index in [0.717, 1.165) is 0 Å². The maximum atomic E-state index is 12.0. The van der Waals surface area contributed by atoms with Crippen LogP contribution >= 0.6 is 23.2 Å². The van der Waals surface area contributed by atoms with Crippen LogP contribution in [0.1, 0.15) is 13.3 Å². The minimum Gasteiger partial charge on any atom is -0.325 e. The van der Waals surface area contributed by atoms with E-state index in [1.807, 2.05) is 0 Å². The topological polar surface area (TPSA) is 75.3 Å². The van der Waals surface area contributed by atoms with Crippen molar-refractivity contribution in [1.29, 1.82) is 0 Å². The molecule has 20 heavy (non-hydrogen) atoms. The number of nitrogens with one attached hydrogen (secondary N) is 2. The Kier molecular flexibility index (Phi) is 4.18. The number of amides is 1. The highest BCUT2D eigenvalue weighted by Gasteiger charge is 2.53. The standard InChI is InChI=1S/C12H14Cl2N2O3S/c1-8(17)15-10-4-2-3-5-11(10)16-20(18,19)7-9-6-12(9,13)14/h2-5,9,16H,6-7H2,1H3,(H,15,17). The third-order valence-electron chi connectivity index (χ3n) is 2.88. The average molecular weight is 337 g/mol. The number of rotatable bonds is 5. The van der Waals surface area contributed by atoms with Crippen LogP contribution in [0.3, 0.4) is 0 Å². The number of carbonyl (C=O) groups is 1. The van der Waals surface area contributed by atoms with Crippen molar-refractivity contribution in [2.24, 2.45) is 5.92 Å². The van der Waals surface area contributed by atoms with E-state index in [9.17, 15) is 13.2 Å². The molecule has 1 amide bonds. The van der Waals surface area contributed by atoms with Gasteiger partial charge in [0.05, 0.1) is 17.1 Å². The maximum absolute atomic E-state index is 12.0. The molecule has 1 aromatic rings. The monoisotopic (exact) mass is 336 g/mol. The highest BCUT2D eigenvalue weighted by molar-refractivity contribution is 7.92. The number of hydrogen-bond acceptors (Lipinski definition) is 3. The Morgan fingerprint density at radius 3 is 2.40 bits per heavy atom. The molecule has 0 bridgehead atoms. The third kappa shape index (κ3) is 4.01. The Hall–Kier alpha value is -0.980.